The molecule has 0 fully saturated rings. The molecule has 1 aromatic carbocycles. The molecule has 0 unspecified atom stereocenters. The van der Waals surface area contributed by atoms with Crippen molar-refractivity contribution in [3.63, 3.8) is 0 Å². The van der Waals surface area contributed by atoms with Crippen molar-refractivity contribution >= 4 is 23.2 Å². The van der Waals surface area contributed by atoms with Crippen LogP contribution in [0.25, 0.3) is 0 Å². The second kappa shape index (κ2) is 7.04. The van der Waals surface area contributed by atoms with Crippen LogP contribution in [-0.2, 0) is 0 Å². The van der Waals surface area contributed by atoms with Crippen molar-refractivity contribution in [1.29, 1.82) is 0 Å². The van der Waals surface area contributed by atoms with Crippen molar-refractivity contribution < 1.29 is 9.18 Å². The first-order valence-corrected chi connectivity index (χ1v) is 6.81. The highest BCUT2D eigenvalue weighted by molar-refractivity contribution is 6.32. The van der Waals surface area contributed by atoms with Crippen molar-refractivity contribution in [2.45, 2.75) is 0 Å². The van der Waals surface area contributed by atoms with E-state index in [1.54, 1.807) is 0 Å². The summed E-state index contributed by atoms with van der Waals surface area (Å²) in [6.07, 6.45) is 0.974. The minimum absolute atomic E-state index is 0.00897. The summed E-state index contributed by atoms with van der Waals surface area (Å²) in [5, 5.41) is 2.69. The quantitative estimate of drug-likeness (QED) is 0.864. The molecule has 0 saturated heterocycles. The fourth-order valence-corrected chi connectivity index (χ4v) is 2.01. The SMILES string of the molecule is CN(CCNC(=O)c1cc(F)cnc1Cl)c1ccccc1. The fourth-order valence-electron chi connectivity index (χ4n) is 1.83. The van der Waals surface area contributed by atoms with Gasteiger partial charge in [-0.25, -0.2) is 9.37 Å². The van der Waals surface area contributed by atoms with Crippen LogP contribution >= 0.6 is 11.6 Å². The third kappa shape index (κ3) is 4.16. The van der Waals surface area contributed by atoms with E-state index >= 15 is 0 Å². The van der Waals surface area contributed by atoms with Gasteiger partial charge in [-0.15, -0.1) is 0 Å². The molecule has 2 rings (SSSR count). The Bertz CT molecular complexity index is 622. The van der Waals surface area contributed by atoms with Gasteiger partial charge in [0.05, 0.1) is 11.8 Å². The largest absolute Gasteiger partial charge is 0.373 e. The summed E-state index contributed by atoms with van der Waals surface area (Å²) >= 11 is 5.78. The molecule has 6 heteroatoms. The Morgan fingerprint density at radius 1 is 1.38 bits per heavy atom. The summed E-state index contributed by atoms with van der Waals surface area (Å²) in [7, 11) is 1.93. The molecule has 21 heavy (non-hydrogen) atoms. The van der Waals surface area contributed by atoms with E-state index < -0.39 is 11.7 Å². The van der Waals surface area contributed by atoms with Crippen LogP contribution < -0.4 is 10.2 Å². The molecule has 4 nitrogen and oxygen atoms in total. The van der Waals surface area contributed by atoms with Gasteiger partial charge >= 0.3 is 0 Å². The van der Waals surface area contributed by atoms with E-state index in [-0.39, 0.29) is 10.7 Å². The van der Waals surface area contributed by atoms with E-state index in [0.717, 1.165) is 18.0 Å². The highest BCUT2D eigenvalue weighted by Gasteiger charge is 2.12. The number of amides is 1. The number of rotatable bonds is 5. The summed E-state index contributed by atoms with van der Waals surface area (Å²) in [5.41, 5.74) is 1.09. The number of anilines is 1. The predicted octanol–water partition coefficient (Wildman–Crippen LogP) is 2.74. The number of para-hydroxylation sites is 1. The molecule has 1 heterocycles. The van der Waals surface area contributed by atoms with Crippen LogP contribution in [-0.4, -0.2) is 31.0 Å². The van der Waals surface area contributed by atoms with Gasteiger partial charge in [0.1, 0.15) is 11.0 Å². The monoisotopic (exact) mass is 307 g/mol. The lowest BCUT2D eigenvalue weighted by atomic mass is 10.2. The molecule has 0 bridgehead atoms. The normalized spacial score (nSPS) is 10.2. The second-order valence-corrected chi connectivity index (χ2v) is 4.86. The number of likely N-dealkylation sites (N-methyl/N-ethyl adjacent to an activating group) is 1. The molecule has 0 radical (unpaired) electrons. The maximum atomic E-state index is 13.1. The number of hydrogen-bond donors (Lipinski definition) is 1. The van der Waals surface area contributed by atoms with Crippen molar-refractivity contribution in [3.05, 3.63) is 59.1 Å². The Kier molecular flexibility index (Phi) is 5.11. The van der Waals surface area contributed by atoms with Crippen LogP contribution in [0.1, 0.15) is 10.4 Å². The Balaban J connectivity index is 1.88. The Morgan fingerprint density at radius 2 is 2.10 bits per heavy atom. The van der Waals surface area contributed by atoms with E-state index in [9.17, 15) is 9.18 Å². The Labute approximate surface area is 127 Å². The molecule has 0 aliphatic heterocycles. The molecule has 1 aromatic heterocycles. The minimum Gasteiger partial charge on any atom is -0.373 e. The summed E-state index contributed by atoms with van der Waals surface area (Å²) in [5.74, 6) is -1.03. The highest BCUT2D eigenvalue weighted by atomic mass is 35.5. The van der Waals surface area contributed by atoms with Gasteiger partial charge in [0.2, 0.25) is 0 Å². The topological polar surface area (TPSA) is 45.2 Å². The zero-order chi connectivity index (χ0) is 15.2. The lowest BCUT2D eigenvalue weighted by molar-refractivity contribution is 0.0954. The standard InChI is InChI=1S/C15H15ClFN3O/c1-20(12-5-3-2-4-6-12)8-7-18-15(21)13-9-11(17)10-19-14(13)16/h2-6,9-10H,7-8H2,1H3,(H,18,21). The zero-order valence-corrected chi connectivity index (χ0v) is 12.3. The van der Waals surface area contributed by atoms with Crippen molar-refractivity contribution in [2.24, 2.45) is 0 Å². The first-order chi connectivity index (χ1) is 10.1. The number of carbonyl (C=O) groups excluding carboxylic acids is 1. The Morgan fingerprint density at radius 3 is 2.81 bits per heavy atom. The van der Waals surface area contributed by atoms with E-state index in [4.69, 9.17) is 11.6 Å². The molecule has 0 saturated carbocycles. The maximum absolute atomic E-state index is 13.1. The third-order valence-corrected chi connectivity index (χ3v) is 3.28. The van der Waals surface area contributed by atoms with Gasteiger partial charge in [-0.05, 0) is 18.2 Å². The zero-order valence-electron chi connectivity index (χ0n) is 11.5. The van der Waals surface area contributed by atoms with Gasteiger partial charge in [0.25, 0.3) is 5.91 Å². The van der Waals surface area contributed by atoms with E-state index in [1.165, 1.54) is 0 Å². The molecule has 0 aliphatic rings. The van der Waals surface area contributed by atoms with Crippen molar-refractivity contribution in [1.82, 2.24) is 10.3 Å². The average molecular weight is 308 g/mol. The summed E-state index contributed by atoms with van der Waals surface area (Å²) in [4.78, 5) is 17.5. The number of nitrogens with one attached hydrogen (secondary N) is 1. The van der Waals surface area contributed by atoms with Gasteiger partial charge in [-0.1, -0.05) is 29.8 Å². The van der Waals surface area contributed by atoms with E-state index in [1.807, 2.05) is 42.3 Å². The number of aromatic nitrogens is 1. The van der Waals surface area contributed by atoms with Crippen LogP contribution in [0.2, 0.25) is 5.15 Å². The lowest BCUT2D eigenvalue weighted by Crippen LogP contribution is -2.33. The minimum atomic E-state index is -0.592. The van der Waals surface area contributed by atoms with Crippen LogP contribution in [0, 0.1) is 5.82 Å². The van der Waals surface area contributed by atoms with E-state index in [0.29, 0.717) is 13.1 Å². The molecule has 0 aliphatic carbocycles. The van der Waals surface area contributed by atoms with Gasteiger partial charge < -0.3 is 10.2 Å². The summed E-state index contributed by atoms with van der Waals surface area (Å²) in [6, 6.07) is 10.9. The first kappa shape index (κ1) is 15.3. The molecule has 1 amide bonds. The summed E-state index contributed by atoms with van der Waals surface area (Å²) in [6.45, 7) is 1.03. The maximum Gasteiger partial charge on any atom is 0.254 e. The molecular weight excluding hydrogens is 293 g/mol. The molecule has 0 atom stereocenters. The highest BCUT2D eigenvalue weighted by Crippen LogP contribution is 2.13. The third-order valence-electron chi connectivity index (χ3n) is 2.98. The molecule has 1 N–H and O–H groups in total. The van der Waals surface area contributed by atoms with E-state index in [2.05, 4.69) is 10.3 Å². The number of hydrogen-bond acceptors (Lipinski definition) is 3. The smallest absolute Gasteiger partial charge is 0.254 e. The molecule has 110 valence electrons. The molecule has 2 aromatic rings. The summed E-state index contributed by atoms with van der Waals surface area (Å²) < 4.78 is 13.1. The van der Waals surface area contributed by atoms with Crippen molar-refractivity contribution in [3.8, 4) is 0 Å². The number of pyridine rings is 1. The average Bonchev–Trinajstić information content (AvgIpc) is 2.50. The molecular formula is C15H15ClFN3O. The number of halogens is 2. The Hall–Kier alpha value is -2.14. The first-order valence-electron chi connectivity index (χ1n) is 6.43. The number of benzene rings is 1. The van der Waals surface area contributed by atoms with Crippen LogP contribution in [0.3, 0.4) is 0 Å². The second-order valence-electron chi connectivity index (χ2n) is 4.50. The van der Waals surface area contributed by atoms with Crippen LogP contribution in [0.15, 0.2) is 42.6 Å². The fraction of sp³-hybridized carbons (Fsp3) is 0.200. The van der Waals surface area contributed by atoms with Gasteiger partial charge in [0.15, 0.2) is 0 Å². The molecule has 0 spiro atoms. The number of carbonyl (C=O) groups is 1. The van der Waals surface area contributed by atoms with Crippen LogP contribution in [0.5, 0.6) is 0 Å². The number of nitrogens with zero attached hydrogens (tertiary/aromatic N) is 2. The predicted molar refractivity (Wildman–Crippen MR) is 81.3 cm³/mol. The van der Waals surface area contributed by atoms with Gasteiger partial charge in [-0.2, -0.15) is 0 Å². The van der Waals surface area contributed by atoms with Crippen LogP contribution in [0.4, 0.5) is 10.1 Å². The van der Waals surface area contributed by atoms with Crippen molar-refractivity contribution in [2.75, 3.05) is 25.0 Å². The lowest BCUT2D eigenvalue weighted by Gasteiger charge is -2.19. The van der Waals surface area contributed by atoms with Gasteiger partial charge in [-0.3, -0.25) is 4.79 Å². The van der Waals surface area contributed by atoms with Gasteiger partial charge in [0, 0.05) is 25.8 Å².